The molecule has 0 radical (unpaired) electrons. The minimum Gasteiger partial charge on any atom is -0.381 e. The lowest BCUT2D eigenvalue weighted by molar-refractivity contribution is -0.0949. The zero-order valence-corrected chi connectivity index (χ0v) is 13.8. The van der Waals surface area contributed by atoms with Crippen molar-refractivity contribution in [3.05, 3.63) is 15.6 Å². The molecule has 0 aliphatic carbocycles. The van der Waals surface area contributed by atoms with Crippen molar-refractivity contribution in [3.63, 3.8) is 0 Å². The maximum absolute atomic E-state index is 5.86. The minimum atomic E-state index is -0.239. The van der Waals surface area contributed by atoms with Crippen LogP contribution in [0.4, 0.5) is 0 Å². The summed E-state index contributed by atoms with van der Waals surface area (Å²) in [5.41, 5.74) is 0.977. The molecule has 114 valence electrons. The van der Waals surface area contributed by atoms with Gasteiger partial charge in [-0.1, -0.05) is 20.8 Å². The monoisotopic (exact) mass is 298 g/mol. The van der Waals surface area contributed by atoms with Crippen LogP contribution in [0.15, 0.2) is 0 Å². The maximum Gasteiger partial charge on any atom is 0.125 e. The van der Waals surface area contributed by atoms with E-state index in [4.69, 9.17) is 14.5 Å². The lowest BCUT2D eigenvalue weighted by atomic mass is 9.95. The van der Waals surface area contributed by atoms with Gasteiger partial charge in [0.1, 0.15) is 10.6 Å². The van der Waals surface area contributed by atoms with Crippen molar-refractivity contribution in [2.75, 3.05) is 26.9 Å². The normalized spacial score (nSPS) is 18.6. The van der Waals surface area contributed by atoms with E-state index in [-0.39, 0.29) is 5.60 Å². The average Bonchev–Trinajstić information content (AvgIpc) is 2.90. The standard InChI is InChI=1S/C15H26N2O2S/c1-5-16-10-12-13(11(2)3)17-14(20-12)15(18-4)6-8-19-9-7-15/h11,16H,5-10H2,1-4H3. The van der Waals surface area contributed by atoms with Crippen LogP contribution in [0.1, 0.15) is 55.1 Å². The summed E-state index contributed by atoms with van der Waals surface area (Å²) in [5, 5.41) is 4.54. The number of hydrogen-bond donors (Lipinski definition) is 1. The van der Waals surface area contributed by atoms with Gasteiger partial charge in [0.25, 0.3) is 0 Å². The van der Waals surface area contributed by atoms with Gasteiger partial charge in [-0.15, -0.1) is 11.3 Å². The van der Waals surface area contributed by atoms with Crippen molar-refractivity contribution in [2.24, 2.45) is 0 Å². The Morgan fingerprint density at radius 1 is 1.40 bits per heavy atom. The number of rotatable bonds is 6. The quantitative estimate of drug-likeness (QED) is 0.876. The van der Waals surface area contributed by atoms with Crippen LogP contribution < -0.4 is 5.32 Å². The van der Waals surface area contributed by atoms with E-state index in [9.17, 15) is 0 Å². The van der Waals surface area contributed by atoms with Crippen molar-refractivity contribution >= 4 is 11.3 Å². The van der Waals surface area contributed by atoms with Gasteiger partial charge in [-0.2, -0.15) is 0 Å². The summed E-state index contributed by atoms with van der Waals surface area (Å²) in [7, 11) is 1.80. The van der Waals surface area contributed by atoms with Crippen molar-refractivity contribution in [2.45, 2.75) is 51.7 Å². The number of methoxy groups -OCH3 is 1. The summed E-state index contributed by atoms with van der Waals surface area (Å²) in [6.45, 7) is 9.94. The number of thiazole rings is 1. The molecule has 4 nitrogen and oxygen atoms in total. The van der Waals surface area contributed by atoms with Gasteiger partial charge in [0.05, 0.1) is 5.69 Å². The topological polar surface area (TPSA) is 43.4 Å². The van der Waals surface area contributed by atoms with E-state index >= 15 is 0 Å². The third-order valence-electron chi connectivity index (χ3n) is 3.89. The first-order valence-electron chi connectivity index (χ1n) is 7.46. The van der Waals surface area contributed by atoms with E-state index in [1.54, 1.807) is 18.4 Å². The zero-order chi connectivity index (χ0) is 14.6. The fourth-order valence-electron chi connectivity index (χ4n) is 2.58. The van der Waals surface area contributed by atoms with E-state index in [1.807, 2.05) is 0 Å². The first kappa shape index (κ1) is 15.9. The predicted molar refractivity (Wildman–Crippen MR) is 82.3 cm³/mol. The fraction of sp³-hybridized carbons (Fsp3) is 0.800. The van der Waals surface area contributed by atoms with Crippen LogP contribution in [0.3, 0.4) is 0 Å². The van der Waals surface area contributed by atoms with Gasteiger partial charge in [-0.25, -0.2) is 4.98 Å². The van der Waals surface area contributed by atoms with E-state index < -0.39 is 0 Å². The Kier molecular flexibility index (Phi) is 5.55. The number of nitrogens with zero attached hydrogens (tertiary/aromatic N) is 1. The maximum atomic E-state index is 5.86. The van der Waals surface area contributed by atoms with Gasteiger partial charge < -0.3 is 14.8 Å². The summed E-state index contributed by atoms with van der Waals surface area (Å²) in [6.07, 6.45) is 1.80. The van der Waals surface area contributed by atoms with Gasteiger partial charge in [-0.05, 0) is 12.5 Å². The van der Waals surface area contributed by atoms with E-state index in [2.05, 4.69) is 26.1 Å². The molecule has 1 aromatic heterocycles. The first-order valence-corrected chi connectivity index (χ1v) is 8.28. The third-order valence-corrected chi connectivity index (χ3v) is 5.15. The Bertz CT molecular complexity index is 426. The number of ether oxygens (including phenoxy) is 2. The molecule has 2 rings (SSSR count). The molecule has 1 aliphatic heterocycles. The van der Waals surface area contributed by atoms with E-state index in [1.165, 1.54) is 10.6 Å². The van der Waals surface area contributed by atoms with Crippen LogP contribution in [0.2, 0.25) is 0 Å². The highest BCUT2D eigenvalue weighted by atomic mass is 32.1. The summed E-state index contributed by atoms with van der Waals surface area (Å²) >= 11 is 1.80. The number of nitrogens with one attached hydrogen (secondary N) is 1. The largest absolute Gasteiger partial charge is 0.381 e. The molecule has 1 aliphatic rings. The molecule has 0 atom stereocenters. The van der Waals surface area contributed by atoms with Crippen LogP contribution in [-0.4, -0.2) is 31.9 Å². The van der Waals surface area contributed by atoms with Crippen LogP contribution in [0, 0.1) is 0 Å². The highest BCUT2D eigenvalue weighted by Gasteiger charge is 2.38. The van der Waals surface area contributed by atoms with Crippen molar-refractivity contribution in [3.8, 4) is 0 Å². The number of hydrogen-bond acceptors (Lipinski definition) is 5. The van der Waals surface area contributed by atoms with E-state index in [0.29, 0.717) is 5.92 Å². The lowest BCUT2D eigenvalue weighted by Gasteiger charge is -2.33. The van der Waals surface area contributed by atoms with Crippen LogP contribution in [0.25, 0.3) is 0 Å². The Labute approximate surface area is 125 Å². The molecular weight excluding hydrogens is 272 g/mol. The third kappa shape index (κ3) is 3.22. The average molecular weight is 298 g/mol. The molecule has 0 unspecified atom stereocenters. The summed E-state index contributed by atoms with van der Waals surface area (Å²) in [6, 6.07) is 0. The molecule has 0 spiro atoms. The Hall–Kier alpha value is -0.490. The molecule has 1 saturated heterocycles. The lowest BCUT2D eigenvalue weighted by Crippen LogP contribution is -2.35. The predicted octanol–water partition coefficient (Wildman–Crippen LogP) is 3.03. The molecule has 0 saturated carbocycles. The molecular formula is C15H26N2O2S. The molecule has 2 heterocycles. The molecule has 0 amide bonds. The van der Waals surface area contributed by atoms with Crippen LogP contribution >= 0.6 is 11.3 Å². The van der Waals surface area contributed by atoms with E-state index in [0.717, 1.165) is 44.2 Å². The van der Waals surface area contributed by atoms with Crippen LogP contribution in [0.5, 0.6) is 0 Å². The molecule has 0 bridgehead atoms. The van der Waals surface area contributed by atoms with Gasteiger partial charge in [0.2, 0.25) is 0 Å². The highest BCUT2D eigenvalue weighted by molar-refractivity contribution is 7.11. The van der Waals surface area contributed by atoms with Gasteiger partial charge in [-0.3, -0.25) is 0 Å². The fourth-order valence-corrected chi connectivity index (χ4v) is 3.99. The SMILES string of the molecule is CCNCc1sc(C2(OC)CCOCC2)nc1C(C)C. The second-order valence-corrected chi connectivity index (χ2v) is 6.66. The Morgan fingerprint density at radius 2 is 2.10 bits per heavy atom. The highest BCUT2D eigenvalue weighted by Crippen LogP contribution is 2.40. The van der Waals surface area contributed by atoms with Gasteiger partial charge in [0, 0.05) is 44.6 Å². The van der Waals surface area contributed by atoms with Gasteiger partial charge in [0.15, 0.2) is 0 Å². The summed E-state index contributed by atoms with van der Waals surface area (Å²) in [5.74, 6) is 0.447. The second-order valence-electron chi connectivity index (χ2n) is 5.57. The van der Waals surface area contributed by atoms with Crippen molar-refractivity contribution < 1.29 is 9.47 Å². The molecule has 1 fully saturated rings. The smallest absolute Gasteiger partial charge is 0.125 e. The number of aromatic nitrogens is 1. The van der Waals surface area contributed by atoms with Gasteiger partial charge >= 0.3 is 0 Å². The molecule has 20 heavy (non-hydrogen) atoms. The van der Waals surface area contributed by atoms with Crippen molar-refractivity contribution in [1.29, 1.82) is 0 Å². The Balaban J connectivity index is 2.30. The summed E-state index contributed by atoms with van der Waals surface area (Å²) in [4.78, 5) is 6.27. The molecule has 5 heteroatoms. The first-order chi connectivity index (χ1) is 9.63. The molecule has 0 aromatic carbocycles. The zero-order valence-electron chi connectivity index (χ0n) is 13.0. The summed E-state index contributed by atoms with van der Waals surface area (Å²) < 4.78 is 11.3. The van der Waals surface area contributed by atoms with Crippen LogP contribution in [-0.2, 0) is 21.6 Å². The second kappa shape index (κ2) is 6.98. The minimum absolute atomic E-state index is 0.239. The molecule has 1 N–H and O–H groups in total. The molecule has 1 aromatic rings. The van der Waals surface area contributed by atoms with Crippen molar-refractivity contribution in [1.82, 2.24) is 10.3 Å². The Morgan fingerprint density at radius 3 is 2.65 bits per heavy atom.